The predicted octanol–water partition coefficient (Wildman–Crippen LogP) is 1.56. The number of amides is 1. The first-order valence-corrected chi connectivity index (χ1v) is 5.76. The van der Waals surface area contributed by atoms with Gasteiger partial charge in [0.1, 0.15) is 17.6 Å². The number of anilines is 1. The molecule has 1 aromatic heterocycles. The van der Waals surface area contributed by atoms with Gasteiger partial charge in [-0.05, 0) is 13.3 Å². The van der Waals surface area contributed by atoms with Gasteiger partial charge in [0, 0.05) is 19.2 Å². The molecule has 98 valence electrons. The quantitative estimate of drug-likeness (QED) is 0.591. The van der Waals surface area contributed by atoms with Crippen LogP contribution in [0.4, 0.5) is 11.5 Å². The molecular formula is C11H16N4O3. The lowest BCUT2D eigenvalue weighted by Gasteiger charge is -2.07. The summed E-state index contributed by atoms with van der Waals surface area (Å²) in [6.07, 6.45) is 1.86. The first-order valence-electron chi connectivity index (χ1n) is 5.76. The zero-order chi connectivity index (χ0) is 13.5. The minimum absolute atomic E-state index is 0.0272. The van der Waals surface area contributed by atoms with Crippen LogP contribution in [0.2, 0.25) is 0 Å². The third-order valence-corrected chi connectivity index (χ3v) is 2.22. The smallest absolute Gasteiger partial charge is 0.300 e. The second kappa shape index (κ2) is 6.53. The van der Waals surface area contributed by atoms with Gasteiger partial charge in [0.2, 0.25) is 0 Å². The third-order valence-electron chi connectivity index (χ3n) is 2.22. The van der Waals surface area contributed by atoms with Crippen LogP contribution in [0.3, 0.4) is 0 Å². The summed E-state index contributed by atoms with van der Waals surface area (Å²) in [5.41, 5.74) is -0.260. The number of nitrogens with one attached hydrogen (secondary N) is 2. The molecule has 0 aliphatic rings. The Kier molecular flexibility index (Phi) is 5.04. The molecule has 7 heteroatoms. The van der Waals surface area contributed by atoms with Crippen molar-refractivity contribution in [3.63, 3.8) is 0 Å². The average Bonchev–Trinajstić information content (AvgIpc) is 2.36. The van der Waals surface area contributed by atoms with Gasteiger partial charge >= 0.3 is 0 Å². The molecule has 0 unspecified atom stereocenters. The van der Waals surface area contributed by atoms with Crippen molar-refractivity contribution in [3.8, 4) is 0 Å². The van der Waals surface area contributed by atoms with Crippen molar-refractivity contribution < 1.29 is 9.72 Å². The SMILES string of the molecule is CCCNC(=O)c1cc(NCC)ncc1[N+](=O)[O-]. The van der Waals surface area contributed by atoms with Crippen LogP contribution >= 0.6 is 0 Å². The van der Waals surface area contributed by atoms with E-state index in [9.17, 15) is 14.9 Å². The maximum absolute atomic E-state index is 11.8. The highest BCUT2D eigenvalue weighted by atomic mass is 16.6. The second-order valence-corrected chi connectivity index (χ2v) is 3.63. The molecular weight excluding hydrogens is 236 g/mol. The third kappa shape index (κ3) is 3.41. The summed E-state index contributed by atoms with van der Waals surface area (Å²) < 4.78 is 0. The molecule has 1 aromatic rings. The normalized spacial score (nSPS) is 9.89. The molecule has 18 heavy (non-hydrogen) atoms. The van der Waals surface area contributed by atoms with Gasteiger partial charge in [-0.25, -0.2) is 4.98 Å². The maximum Gasteiger partial charge on any atom is 0.300 e. The van der Waals surface area contributed by atoms with Crippen LogP contribution < -0.4 is 10.6 Å². The lowest BCUT2D eigenvalue weighted by molar-refractivity contribution is -0.385. The Labute approximate surface area is 105 Å². The molecule has 1 heterocycles. The van der Waals surface area contributed by atoms with E-state index in [1.165, 1.54) is 6.07 Å². The summed E-state index contributed by atoms with van der Waals surface area (Å²) in [5, 5.41) is 16.4. The molecule has 7 nitrogen and oxygen atoms in total. The number of pyridine rings is 1. The van der Waals surface area contributed by atoms with E-state index >= 15 is 0 Å². The highest BCUT2D eigenvalue weighted by Gasteiger charge is 2.21. The molecule has 0 saturated heterocycles. The van der Waals surface area contributed by atoms with Crippen molar-refractivity contribution in [2.45, 2.75) is 20.3 Å². The molecule has 0 atom stereocenters. The number of nitro groups is 1. The minimum atomic E-state index is -0.608. The van der Waals surface area contributed by atoms with Crippen molar-refractivity contribution >= 4 is 17.4 Å². The van der Waals surface area contributed by atoms with Crippen LogP contribution in [0.25, 0.3) is 0 Å². The number of carbonyl (C=O) groups excluding carboxylic acids is 1. The Bertz CT molecular complexity index is 448. The van der Waals surface area contributed by atoms with Crippen LogP contribution in [-0.2, 0) is 0 Å². The van der Waals surface area contributed by atoms with Crippen LogP contribution in [-0.4, -0.2) is 28.9 Å². The summed E-state index contributed by atoms with van der Waals surface area (Å²) in [5.74, 6) is -0.00477. The maximum atomic E-state index is 11.8. The zero-order valence-corrected chi connectivity index (χ0v) is 10.4. The van der Waals surface area contributed by atoms with E-state index < -0.39 is 10.8 Å². The highest BCUT2D eigenvalue weighted by molar-refractivity contribution is 5.98. The molecule has 0 fully saturated rings. The van der Waals surface area contributed by atoms with Crippen molar-refractivity contribution in [1.82, 2.24) is 10.3 Å². The molecule has 1 rings (SSSR count). The van der Waals surface area contributed by atoms with Gasteiger partial charge in [-0.1, -0.05) is 6.92 Å². The summed E-state index contributed by atoms with van der Waals surface area (Å²) in [4.78, 5) is 25.9. The number of nitrogens with zero attached hydrogens (tertiary/aromatic N) is 2. The first-order chi connectivity index (χ1) is 8.60. The fraction of sp³-hybridized carbons (Fsp3) is 0.455. The molecule has 2 N–H and O–H groups in total. The fourth-order valence-electron chi connectivity index (χ4n) is 1.39. The van der Waals surface area contributed by atoms with Crippen molar-refractivity contribution in [2.24, 2.45) is 0 Å². The largest absolute Gasteiger partial charge is 0.370 e. The fourth-order valence-corrected chi connectivity index (χ4v) is 1.39. The van der Waals surface area contributed by atoms with Gasteiger partial charge in [0.25, 0.3) is 11.6 Å². The summed E-state index contributed by atoms with van der Waals surface area (Å²) in [6, 6.07) is 1.40. The Morgan fingerprint density at radius 1 is 1.50 bits per heavy atom. The van der Waals surface area contributed by atoms with Crippen LogP contribution in [0.1, 0.15) is 30.6 Å². The van der Waals surface area contributed by atoms with E-state index in [2.05, 4.69) is 15.6 Å². The molecule has 0 aromatic carbocycles. The van der Waals surface area contributed by atoms with E-state index in [0.29, 0.717) is 18.9 Å². The number of carbonyl (C=O) groups is 1. The van der Waals surface area contributed by atoms with Gasteiger partial charge in [0.05, 0.1) is 4.92 Å². The summed E-state index contributed by atoms with van der Waals surface area (Å²) in [6.45, 7) is 4.89. The van der Waals surface area contributed by atoms with E-state index in [0.717, 1.165) is 12.6 Å². The Morgan fingerprint density at radius 3 is 2.78 bits per heavy atom. The molecule has 0 aliphatic heterocycles. The van der Waals surface area contributed by atoms with Gasteiger partial charge < -0.3 is 10.6 Å². The minimum Gasteiger partial charge on any atom is -0.370 e. The number of hydrogen-bond donors (Lipinski definition) is 2. The van der Waals surface area contributed by atoms with E-state index in [1.54, 1.807) is 0 Å². The summed E-state index contributed by atoms with van der Waals surface area (Å²) >= 11 is 0. The van der Waals surface area contributed by atoms with Gasteiger partial charge in [0.15, 0.2) is 0 Å². The average molecular weight is 252 g/mol. The van der Waals surface area contributed by atoms with Crippen molar-refractivity contribution in [2.75, 3.05) is 18.4 Å². The Balaban J connectivity index is 3.06. The van der Waals surface area contributed by atoms with Crippen LogP contribution in [0, 0.1) is 10.1 Å². The molecule has 1 amide bonds. The molecule has 0 bridgehead atoms. The van der Waals surface area contributed by atoms with Crippen molar-refractivity contribution in [1.29, 1.82) is 0 Å². The Hall–Kier alpha value is -2.18. The van der Waals surface area contributed by atoms with Crippen molar-refractivity contribution in [3.05, 3.63) is 27.9 Å². The summed E-state index contributed by atoms with van der Waals surface area (Å²) in [7, 11) is 0. The lowest BCUT2D eigenvalue weighted by Crippen LogP contribution is -2.25. The van der Waals surface area contributed by atoms with Crippen LogP contribution in [0.5, 0.6) is 0 Å². The van der Waals surface area contributed by atoms with Crippen LogP contribution in [0.15, 0.2) is 12.3 Å². The molecule has 0 aliphatic carbocycles. The van der Waals surface area contributed by atoms with Gasteiger partial charge in [-0.3, -0.25) is 14.9 Å². The second-order valence-electron chi connectivity index (χ2n) is 3.63. The highest BCUT2D eigenvalue weighted by Crippen LogP contribution is 2.20. The lowest BCUT2D eigenvalue weighted by atomic mass is 10.2. The van der Waals surface area contributed by atoms with E-state index in [1.807, 2.05) is 13.8 Å². The van der Waals surface area contributed by atoms with Gasteiger partial charge in [-0.15, -0.1) is 0 Å². The zero-order valence-electron chi connectivity index (χ0n) is 10.4. The predicted molar refractivity (Wildman–Crippen MR) is 67.7 cm³/mol. The van der Waals surface area contributed by atoms with E-state index in [4.69, 9.17) is 0 Å². The number of rotatable bonds is 6. The van der Waals surface area contributed by atoms with E-state index in [-0.39, 0.29) is 11.3 Å². The molecule has 0 spiro atoms. The number of aromatic nitrogens is 1. The Morgan fingerprint density at radius 2 is 2.22 bits per heavy atom. The topological polar surface area (TPSA) is 97.2 Å². The number of hydrogen-bond acceptors (Lipinski definition) is 5. The first kappa shape index (κ1) is 13.9. The van der Waals surface area contributed by atoms with Gasteiger partial charge in [-0.2, -0.15) is 0 Å². The molecule has 0 radical (unpaired) electrons. The monoisotopic (exact) mass is 252 g/mol. The standard InChI is InChI=1S/C11H16N4O3/c1-3-5-13-11(16)8-6-10(12-4-2)14-7-9(8)15(17)18/h6-7H,3-5H2,1-2H3,(H,12,14)(H,13,16). The molecule has 0 saturated carbocycles.